The molecule has 0 radical (unpaired) electrons. The van der Waals surface area contributed by atoms with Gasteiger partial charge in [0.1, 0.15) is 0 Å². The Labute approximate surface area is 118 Å². The second kappa shape index (κ2) is 4.89. The maximum atomic E-state index is 12.5. The summed E-state index contributed by atoms with van der Waals surface area (Å²) in [6, 6.07) is 12.1. The van der Waals surface area contributed by atoms with Crippen molar-refractivity contribution in [3.05, 3.63) is 42.0 Å². The highest BCUT2D eigenvalue weighted by molar-refractivity contribution is 7.80. The third-order valence-electron chi connectivity index (χ3n) is 3.93. The number of benzene rings is 2. The number of anilines is 1. The zero-order valence-electron chi connectivity index (χ0n) is 11.0. The standard InChI is InChI=1S/C16H17NOS/c1-2-11(10-19)9-17-14-8-4-6-12-5-3-7-13(15(12)14)16(17)18/h3-8,11,19H,2,9-10H2,1H3. The Morgan fingerprint density at radius 3 is 2.63 bits per heavy atom. The topological polar surface area (TPSA) is 20.3 Å². The summed E-state index contributed by atoms with van der Waals surface area (Å²) < 4.78 is 0. The number of carbonyl (C=O) groups excluding carboxylic acids is 1. The molecule has 0 saturated carbocycles. The van der Waals surface area contributed by atoms with Gasteiger partial charge in [-0.05, 0) is 29.2 Å². The molecular weight excluding hydrogens is 254 g/mol. The van der Waals surface area contributed by atoms with E-state index in [0.29, 0.717) is 5.92 Å². The van der Waals surface area contributed by atoms with Crippen LogP contribution in [0.2, 0.25) is 0 Å². The largest absolute Gasteiger partial charge is 0.307 e. The fraction of sp³-hybridized carbons (Fsp3) is 0.312. The van der Waals surface area contributed by atoms with Crippen LogP contribution in [0.4, 0.5) is 5.69 Å². The Bertz CT molecular complexity index is 628. The molecule has 3 heteroatoms. The number of carbonyl (C=O) groups is 1. The van der Waals surface area contributed by atoms with Crippen LogP contribution in [0.5, 0.6) is 0 Å². The predicted octanol–water partition coefficient (Wildman–Crippen LogP) is 3.76. The van der Waals surface area contributed by atoms with Gasteiger partial charge < -0.3 is 4.90 Å². The molecule has 3 rings (SSSR count). The lowest BCUT2D eigenvalue weighted by molar-refractivity contribution is 0.0990. The summed E-state index contributed by atoms with van der Waals surface area (Å²) >= 11 is 4.38. The first-order valence-electron chi connectivity index (χ1n) is 6.70. The SMILES string of the molecule is CCC(CS)CN1C(=O)c2cccc3cccc1c23. The summed E-state index contributed by atoms with van der Waals surface area (Å²) in [5, 5.41) is 2.24. The highest BCUT2D eigenvalue weighted by Gasteiger charge is 2.30. The molecule has 0 fully saturated rings. The van der Waals surface area contributed by atoms with E-state index in [0.717, 1.165) is 40.7 Å². The van der Waals surface area contributed by atoms with E-state index in [1.807, 2.05) is 29.2 Å². The number of nitrogens with zero attached hydrogens (tertiary/aromatic N) is 1. The molecule has 2 nitrogen and oxygen atoms in total. The molecule has 98 valence electrons. The molecular formula is C16H17NOS. The molecule has 0 aromatic heterocycles. The van der Waals surface area contributed by atoms with Crippen molar-refractivity contribution in [1.82, 2.24) is 0 Å². The lowest BCUT2D eigenvalue weighted by Gasteiger charge is -2.22. The van der Waals surface area contributed by atoms with Crippen LogP contribution >= 0.6 is 12.6 Å². The average Bonchev–Trinajstić information content (AvgIpc) is 2.72. The van der Waals surface area contributed by atoms with Crippen LogP contribution in [-0.4, -0.2) is 18.2 Å². The van der Waals surface area contributed by atoms with Crippen molar-refractivity contribution in [3.8, 4) is 0 Å². The van der Waals surface area contributed by atoms with Crippen molar-refractivity contribution in [2.45, 2.75) is 13.3 Å². The summed E-state index contributed by atoms with van der Waals surface area (Å²) in [5.74, 6) is 1.39. The second-order valence-corrected chi connectivity index (χ2v) is 5.42. The van der Waals surface area contributed by atoms with Crippen LogP contribution in [-0.2, 0) is 0 Å². The van der Waals surface area contributed by atoms with Crippen LogP contribution in [0.25, 0.3) is 10.8 Å². The van der Waals surface area contributed by atoms with Gasteiger partial charge in [-0.1, -0.05) is 37.6 Å². The maximum absolute atomic E-state index is 12.5. The molecule has 0 spiro atoms. The van der Waals surface area contributed by atoms with Crippen molar-refractivity contribution >= 4 is 35.0 Å². The third-order valence-corrected chi connectivity index (χ3v) is 4.44. The molecule has 19 heavy (non-hydrogen) atoms. The normalized spacial score (nSPS) is 15.3. The molecule has 1 heterocycles. The molecule has 2 aromatic rings. The summed E-state index contributed by atoms with van der Waals surface area (Å²) in [7, 11) is 0. The molecule has 0 bridgehead atoms. The first-order chi connectivity index (χ1) is 9.26. The third kappa shape index (κ3) is 1.93. The van der Waals surface area contributed by atoms with Crippen molar-refractivity contribution in [2.24, 2.45) is 5.92 Å². The smallest absolute Gasteiger partial charge is 0.259 e. The Morgan fingerprint density at radius 2 is 1.95 bits per heavy atom. The molecule has 0 saturated heterocycles. The minimum atomic E-state index is 0.132. The van der Waals surface area contributed by atoms with Crippen molar-refractivity contribution in [3.63, 3.8) is 0 Å². The van der Waals surface area contributed by atoms with Crippen LogP contribution < -0.4 is 4.90 Å². The molecule has 1 unspecified atom stereocenters. The summed E-state index contributed by atoms with van der Waals surface area (Å²) in [6.07, 6.45) is 1.04. The van der Waals surface area contributed by atoms with Gasteiger partial charge in [-0.3, -0.25) is 4.79 Å². The fourth-order valence-corrected chi connectivity index (χ4v) is 3.11. The van der Waals surface area contributed by atoms with Crippen LogP contribution in [0, 0.1) is 5.92 Å². The van der Waals surface area contributed by atoms with Crippen molar-refractivity contribution < 1.29 is 4.79 Å². The van der Waals surface area contributed by atoms with E-state index in [4.69, 9.17) is 0 Å². The van der Waals surface area contributed by atoms with Crippen LogP contribution in [0.15, 0.2) is 36.4 Å². The zero-order chi connectivity index (χ0) is 13.4. The van der Waals surface area contributed by atoms with E-state index < -0.39 is 0 Å². The average molecular weight is 271 g/mol. The minimum Gasteiger partial charge on any atom is -0.307 e. The molecule has 0 N–H and O–H groups in total. The fourth-order valence-electron chi connectivity index (χ4n) is 2.73. The van der Waals surface area contributed by atoms with Gasteiger partial charge >= 0.3 is 0 Å². The summed E-state index contributed by atoms with van der Waals surface area (Å²) in [4.78, 5) is 14.5. The molecule has 0 aliphatic carbocycles. The monoisotopic (exact) mass is 271 g/mol. The number of amides is 1. The predicted molar refractivity (Wildman–Crippen MR) is 83.3 cm³/mol. The lowest BCUT2D eigenvalue weighted by atomic mass is 10.1. The van der Waals surface area contributed by atoms with Gasteiger partial charge in [0.15, 0.2) is 0 Å². The highest BCUT2D eigenvalue weighted by atomic mass is 32.1. The number of hydrogen-bond acceptors (Lipinski definition) is 2. The van der Waals surface area contributed by atoms with Gasteiger partial charge in [0, 0.05) is 17.5 Å². The van der Waals surface area contributed by atoms with Crippen molar-refractivity contribution in [1.29, 1.82) is 0 Å². The first kappa shape index (κ1) is 12.5. The first-order valence-corrected chi connectivity index (χ1v) is 7.34. The van der Waals surface area contributed by atoms with Gasteiger partial charge in [-0.25, -0.2) is 0 Å². The summed E-state index contributed by atoms with van der Waals surface area (Å²) in [5.41, 5.74) is 1.89. The molecule has 1 amide bonds. The number of rotatable bonds is 4. The zero-order valence-corrected chi connectivity index (χ0v) is 11.9. The van der Waals surface area contributed by atoms with E-state index in [9.17, 15) is 4.79 Å². The Morgan fingerprint density at radius 1 is 1.21 bits per heavy atom. The molecule has 1 atom stereocenters. The minimum absolute atomic E-state index is 0.132. The summed E-state index contributed by atoms with van der Waals surface area (Å²) in [6.45, 7) is 2.90. The van der Waals surface area contributed by atoms with Gasteiger partial charge in [-0.2, -0.15) is 12.6 Å². The van der Waals surface area contributed by atoms with E-state index in [1.54, 1.807) is 0 Å². The van der Waals surface area contributed by atoms with Gasteiger partial charge in [0.25, 0.3) is 5.91 Å². The van der Waals surface area contributed by atoms with Crippen LogP contribution in [0.3, 0.4) is 0 Å². The van der Waals surface area contributed by atoms with E-state index in [2.05, 4.69) is 31.7 Å². The Balaban J connectivity index is 2.08. The van der Waals surface area contributed by atoms with Crippen LogP contribution in [0.1, 0.15) is 23.7 Å². The van der Waals surface area contributed by atoms with Gasteiger partial charge in [0.05, 0.1) is 5.69 Å². The van der Waals surface area contributed by atoms with Crippen molar-refractivity contribution in [2.75, 3.05) is 17.2 Å². The van der Waals surface area contributed by atoms with E-state index in [1.165, 1.54) is 0 Å². The highest BCUT2D eigenvalue weighted by Crippen LogP contribution is 2.37. The molecule has 1 aliphatic rings. The Kier molecular flexibility index (Phi) is 3.23. The van der Waals surface area contributed by atoms with E-state index >= 15 is 0 Å². The molecule has 1 aliphatic heterocycles. The van der Waals surface area contributed by atoms with Gasteiger partial charge in [-0.15, -0.1) is 0 Å². The quantitative estimate of drug-likeness (QED) is 0.840. The second-order valence-electron chi connectivity index (χ2n) is 5.05. The van der Waals surface area contributed by atoms with Gasteiger partial charge in [0.2, 0.25) is 0 Å². The number of thiol groups is 1. The number of hydrogen-bond donors (Lipinski definition) is 1. The maximum Gasteiger partial charge on any atom is 0.259 e. The lowest BCUT2D eigenvalue weighted by Crippen LogP contribution is -2.32. The van der Waals surface area contributed by atoms with E-state index in [-0.39, 0.29) is 5.91 Å². The molecule has 2 aromatic carbocycles. The Hall–Kier alpha value is -1.48.